The maximum absolute atomic E-state index is 13.0. The number of aryl methyl sites for hydroxylation is 1. The van der Waals surface area contributed by atoms with E-state index in [2.05, 4.69) is 25.6 Å². The third-order valence-electron chi connectivity index (χ3n) is 5.34. The number of anilines is 2. The van der Waals surface area contributed by atoms with Gasteiger partial charge < -0.3 is 26.8 Å². The molecule has 0 spiro atoms. The Morgan fingerprint density at radius 1 is 1.34 bits per heavy atom. The highest BCUT2D eigenvalue weighted by molar-refractivity contribution is 6.16. The Balaban J connectivity index is 1.51. The summed E-state index contributed by atoms with van der Waals surface area (Å²) >= 11 is 0. The quantitative estimate of drug-likeness (QED) is 0.286. The minimum Gasteiger partial charge on any atom is -0.384 e. The number of nitrogens with zero attached hydrogens (tertiary/aromatic N) is 3. The molecule has 164 valence electrons. The van der Waals surface area contributed by atoms with Gasteiger partial charge in [0.05, 0.1) is 23.8 Å². The van der Waals surface area contributed by atoms with Crippen molar-refractivity contribution >= 4 is 40.4 Å². The average Bonchev–Trinajstić information content (AvgIpc) is 3.39. The number of nitrogen functional groups attached to an aromatic ring is 1. The molecule has 1 aliphatic rings. The lowest BCUT2D eigenvalue weighted by molar-refractivity contribution is -0.124. The van der Waals surface area contributed by atoms with Gasteiger partial charge in [0.25, 0.3) is 11.5 Å². The molecule has 11 heteroatoms. The van der Waals surface area contributed by atoms with E-state index in [9.17, 15) is 14.4 Å². The number of allylic oxidation sites excluding steroid dienone is 1. The molecule has 6 N–H and O–H groups in total. The van der Waals surface area contributed by atoms with E-state index in [0.717, 1.165) is 22.8 Å². The van der Waals surface area contributed by atoms with Crippen LogP contribution in [0.3, 0.4) is 0 Å². The monoisotopic (exact) mass is 434 g/mol. The number of fused-ring (bicyclic) bond motifs is 2. The summed E-state index contributed by atoms with van der Waals surface area (Å²) in [5.41, 5.74) is 6.85. The SMILES string of the molecule is C/C=C(\C=N)C(=O)Nc1cnc2n(c1=O)C(C(=O)NCc1cc3cnc(N)cc3[nH]1)CC2. The van der Waals surface area contributed by atoms with Gasteiger partial charge in [-0.05, 0) is 19.4 Å². The van der Waals surface area contributed by atoms with Crippen molar-refractivity contribution in [3.8, 4) is 0 Å². The minimum absolute atomic E-state index is 0.0413. The molecule has 0 aromatic carbocycles. The predicted molar refractivity (Wildman–Crippen MR) is 119 cm³/mol. The van der Waals surface area contributed by atoms with E-state index in [-0.39, 0.29) is 23.7 Å². The smallest absolute Gasteiger partial charge is 0.278 e. The number of aromatic nitrogens is 4. The van der Waals surface area contributed by atoms with E-state index >= 15 is 0 Å². The molecule has 0 bridgehead atoms. The van der Waals surface area contributed by atoms with Crippen LogP contribution in [0.5, 0.6) is 0 Å². The first-order valence-electron chi connectivity index (χ1n) is 10.0. The highest BCUT2D eigenvalue weighted by atomic mass is 16.2. The molecule has 1 atom stereocenters. The fourth-order valence-electron chi connectivity index (χ4n) is 3.71. The maximum atomic E-state index is 13.0. The van der Waals surface area contributed by atoms with Gasteiger partial charge in [-0.1, -0.05) is 6.08 Å². The molecule has 0 radical (unpaired) electrons. The average molecular weight is 434 g/mol. The van der Waals surface area contributed by atoms with Crippen LogP contribution in [0.15, 0.2) is 41.0 Å². The standard InChI is InChI=1S/C21H22N8O3/c1-2-11(7-22)19(30)28-15-10-25-18-4-3-16(29(18)21(15)32)20(31)26-9-13-5-12-8-24-17(23)6-14(12)27-13/h2,5-8,10,16,22,27H,3-4,9H2,1H3,(H2,23,24)(H,26,31)(H,28,30)/b11-2+,22-7?. The van der Waals surface area contributed by atoms with Crippen molar-refractivity contribution in [2.24, 2.45) is 0 Å². The van der Waals surface area contributed by atoms with Crippen LogP contribution in [0.4, 0.5) is 11.5 Å². The van der Waals surface area contributed by atoms with Gasteiger partial charge in [0.1, 0.15) is 23.4 Å². The van der Waals surface area contributed by atoms with E-state index in [1.807, 2.05) is 6.07 Å². The molecule has 0 aliphatic carbocycles. The number of amides is 2. The molecule has 4 heterocycles. The summed E-state index contributed by atoms with van der Waals surface area (Å²) in [5, 5.41) is 13.5. The van der Waals surface area contributed by atoms with Crippen molar-refractivity contribution < 1.29 is 9.59 Å². The van der Waals surface area contributed by atoms with Crippen LogP contribution < -0.4 is 21.9 Å². The van der Waals surface area contributed by atoms with Gasteiger partial charge in [-0.2, -0.15) is 0 Å². The Morgan fingerprint density at radius 2 is 2.16 bits per heavy atom. The fourth-order valence-corrected chi connectivity index (χ4v) is 3.71. The second-order valence-electron chi connectivity index (χ2n) is 7.37. The zero-order valence-corrected chi connectivity index (χ0v) is 17.3. The van der Waals surface area contributed by atoms with E-state index in [0.29, 0.717) is 24.5 Å². The Labute approximate surface area is 182 Å². The van der Waals surface area contributed by atoms with Crippen molar-refractivity contribution in [2.45, 2.75) is 32.4 Å². The number of hydrogen-bond donors (Lipinski definition) is 5. The van der Waals surface area contributed by atoms with Gasteiger partial charge in [0, 0.05) is 36.0 Å². The lowest BCUT2D eigenvalue weighted by Crippen LogP contribution is -2.37. The molecule has 2 amide bonds. The number of aromatic amines is 1. The summed E-state index contributed by atoms with van der Waals surface area (Å²) in [6, 6.07) is 2.85. The summed E-state index contributed by atoms with van der Waals surface area (Å²) in [4.78, 5) is 49.5. The van der Waals surface area contributed by atoms with Crippen LogP contribution in [-0.4, -0.2) is 37.5 Å². The molecule has 0 saturated carbocycles. The lowest BCUT2D eigenvalue weighted by atomic mass is 10.2. The highest BCUT2D eigenvalue weighted by Crippen LogP contribution is 2.23. The van der Waals surface area contributed by atoms with Gasteiger partial charge >= 0.3 is 0 Å². The molecule has 0 fully saturated rings. The van der Waals surface area contributed by atoms with Crippen LogP contribution in [0.2, 0.25) is 0 Å². The van der Waals surface area contributed by atoms with E-state index in [1.54, 1.807) is 19.2 Å². The Kier molecular flexibility index (Phi) is 5.54. The summed E-state index contributed by atoms with van der Waals surface area (Å²) in [6.45, 7) is 1.86. The molecule has 3 aromatic rings. The first-order valence-corrected chi connectivity index (χ1v) is 10.0. The maximum Gasteiger partial charge on any atom is 0.278 e. The van der Waals surface area contributed by atoms with Gasteiger partial charge in [-0.25, -0.2) is 9.97 Å². The first kappa shape index (κ1) is 21.0. The van der Waals surface area contributed by atoms with Crippen LogP contribution in [0.25, 0.3) is 10.9 Å². The molecule has 3 aromatic heterocycles. The molecule has 1 aliphatic heterocycles. The largest absolute Gasteiger partial charge is 0.384 e. The van der Waals surface area contributed by atoms with Crippen molar-refractivity contribution in [3.63, 3.8) is 0 Å². The third kappa shape index (κ3) is 3.87. The summed E-state index contributed by atoms with van der Waals surface area (Å²) in [7, 11) is 0. The van der Waals surface area contributed by atoms with Crippen molar-refractivity contribution in [3.05, 3.63) is 58.0 Å². The summed E-state index contributed by atoms with van der Waals surface area (Å²) in [5.74, 6) is -0.0241. The second-order valence-corrected chi connectivity index (χ2v) is 7.37. The van der Waals surface area contributed by atoms with Gasteiger partial charge in [-0.3, -0.25) is 19.0 Å². The van der Waals surface area contributed by atoms with Crippen LogP contribution >= 0.6 is 0 Å². The Morgan fingerprint density at radius 3 is 2.91 bits per heavy atom. The van der Waals surface area contributed by atoms with Crippen LogP contribution in [0.1, 0.15) is 30.9 Å². The second kappa shape index (κ2) is 8.46. The van der Waals surface area contributed by atoms with E-state index < -0.39 is 17.5 Å². The zero-order valence-electron chi connectivity index (χ0n) is 17.3. The number of rotatable bonds is 6. The normalized spacial score (nSPS) is 15.4. The number of nitrogens with two attached hydrogens (primary N) is 1. The lowest BCUT2D eigenvalue weighted by Gasteiger charge is -2.15. The highest BCUT2D eigenvalue weighted by Gasteiger charge is 2.31. The predicted octanol–water partition coefficient (Wildman–Crippen LogP) is 1.04. The number of carbonyl (C=O) groups excluding carboxylic acids is 2. The fraction of sp³-hybridized carbons (Fsp3) is 0.238. The molecular formula is C21H22N8O3. The number of carbonyl (C=O) groups is 2. The first-order chi connectivity index (χ1) is 15.4. The summed E-state index contributed by atoms with van der Waals surface area (Å²) < 4.78 is 1.32. The summed E-state index contributed by atoms with van der Waals surface area (Å²) in [6.07, 6.45) is 6.20. The third-order valence-corrected chi connectivity index (χ3v) is 5.34. The van der Waals surface area contributed by atoms with E-state index in [4.69, 9.17) is 11.1 Å². The molecule has 32 heavy (non-hydrogen) atoms. The molecule has 0 saturated heterocycles. The van der Waals surface area contributed by atoms with Crippen molar-refractivity contribution in [1.82, 2.24) is 24.8 Å². The Bertz CT molecular complexity index is 1320. The zero-order chi connectivity index (χ0) is 22.8. The number of H-pyrrole nitrogens is 1. The van der Waals surface area contributed by atoms with Crippen molar-refractivity contribution in [2.75, 3.05) is 11.1 Å². The minimum atomic E-state index is -0.729. The van der Waals surface area contributed by atoms with Crippen LogP contribution in [-0.2, 0) is 22.6 Å². The molecular weight excluding hydrogens is 412 g/mol. The molecule has 11 nitrogen and oxygen atoms in total. The number of pyridine rings is 1. The topological polar surface area (TPSA) is 172 Å². The van der Waals surface area contributed by atoms with E-state index in [1.165, 1.54) is 16.8 Å². The Hall–Kier alpha value is -4.28. The number of nitrogens with one attached hydrogen (secondary N) is 4. The van der Waals surface area contributed by atoms with Gasteiger partial charge in [0.2, 0.25) is 5.91 Å². The van der Waals surface area contributed by atoms with Gasteiger partial charge in [0.15, 0.2) is 0 Å². The van der Waals surface area contributed by atoms with Crippen LogP contribution in [0, 0.1) is 5.41 Å². The molecule has 1 unspecified atom stereocenters. The molecule has 4 rings (SSSR count). The number of hydrogen-bond acceptors (Lipinski definition) is 7. The van der Waals surface area contributed by atoms with Gasteiger partial charge in [-0.15, -0.1) is 0 Å². The van der Waals surface area contributed by atoms with Crippen molar-refractivity contribution in [1.29, 1.82) is 5.41 Å².